The number of allylic oxidation sites excluding steroid dienone is 2. The summed E-state index contributed by atoms with van der Waals surface area (Å²) in [4.78, 5) is 24.0. The van der Waals surface area contributed by atoms with Gasteiger partial charge in [0.25, 0.3) is 0 Å². The van der Waals surface area contributed by atoms with Crippen molar-refractivity contribution in [2.45, 2.75) is 5.92 Å². The molecule has 2 rings (SSSR count). The largest absolute Gasteiger partial charge is 0.356 e. The summed E-state index contributed by atoms with van der Waals surface area (Å²) in [5.74, 6) is -0.248. The molecule has 0 fully saturated rings. The number of benzene rings is 1. The first kappa shape index (κ1) is 11.3. The van der Waals surface area contributed by atoms with Crippen LogP contribution < -0.4 is 0 Å². The lowest BCUT2D eigenvalue weighted by Crippen LogP contribution is -2.19. The molecule has 1 aromatic carbocycles. The van der Waals surface area contributed by atoms with E-state index in [1.165, 1.54) is 0 Å². The maximum Gasteiger partial charge on any atom is 0.148 e. The molecule has 0 radical (unpaired) electrons. The van der Waals surface area contributed by atoms with Gasteiger partial charge in [0.2, 0.25) is 0 Å². The minimum absolute atomic E-state index is 0.248. The van der Waals surface area contributed by atoms with E-state index in [9.17, 15) is 9.59 Å². The molecule has 0 aliphatic carbocycles. The van der Waals surface area contributed by atoms with Gasteiger partial charge in [0.15, 0.2) is 0 Å². The molecule has 3 nitrogen and oxygen atoms in total. The van der Waals surface area contributed by atoms with Crippen molar-refractivity contribution in [2.24, 2.45) is 0 Å². The lowest BCUT2D eigenvalue weighted by molar-refractivity contribution is -0.105. The van der Waals surface area contributed by atoms with E-state index in [0.29, 0.717) is 11.1 Å². The molecular formula is C14H13NO2. The molecule has 1 heterocycles. The second kappa shape index (κ2) is 4.78. The molecule has 17 heavy (non-hydrogen) atoms. The van der Waals surface area contributed by atoms with E-state index in [1.54, 1.807) is 24.3 Å². The van der Waals surface area contributed by atoms with Gasteiger partial charge in [0, 0.05) is 36.5 Å². The lowest BCUT2D eigenvalue weighted by Gasteiger charge is -2.25. The molecule has 0 aromatic heterocycles. The third-order valence-electron chi connectivity index (χ3n) is 2.78. The third kappa shape index (κ3) is 2.18. The van der Waals surface area contributed by atoms with Crippen LogP contribution in [-0.4, -0.2) is 24.5 Å². The van der Waals surface area contributed by atoms with Crippen LogP contribution in [0.4, 0.5) is 0 Å². The first-order valence-corrected chi connectivity index (χ1v) is 5.37. The van der Waals surface area contributed by atoms with E-state index in [2.05, 4.69) is 0 Å². The summed E-state index contributed by atoms with van der Waals surface area (Å²) in [6, 6.07) is 9.55. The lowest BCUT2D eigenvalue weighted by atomic mass is 9.85. The van der Waals surface area contributed by atoms with E-state index >= 15 is 0 Å². The molecule has 1 aromatic rings. The molecule has 1 aliphatic heterocycles. The number of carbonyl (C=O) groups is 2. The average Bonchev–Trinajstić information content (AvgIpc) is 2.38. The highest BCUT2D eigenvalue weighted by Gasteiger charge is 2.24. The first-order valence-electron chi connectivity index (χ1n) is 5.37. The molecular weight excluding hydrogens is 214 g/mol. The predicted molar refractivity (Wildman–Crippen MR) is 65.2 cm³/mol. The van der Waals surface area contributed by atoms with Crippen molar-refractivity contribution >= 4 is 12.6 Å². The molecule has 0 unspecified atom stereocenters. The Hall–Kier alpha value is -2.16. The summed E-state index contributed by atoms with van der Waals surface area (Å²) >= 11 is 0. The van der Waals surface area contributed by atoms with Crippen molar-refractivity contribution in [3.8, 4) is 0 Å². The van der Waals surface area contributed by atoms with Crippen LogP contribution in [0.2, 0.25) is 0 Å². The van der Waals surface area contributed by atoms with Crippen LogP contribution in [0.3, 0.4) is 0 Å². The van der Waals surface area contributed by atoms with Crippen molar-refractivity contribution in [2.75, 3.05) is 7.05 Å². The van der Waals surface area contributed by atoms with Gasteiger partial charge in [-0.2, -0.15) is 0 Å². The Morgan fingerprint density at radius 3 is 2.00 bits per heavy atom. The van der Waals surface area contributed by atoms with Crippen LogP contribution in [-0.2, 0) is 9.59 Å². The fourth-order valence-electron chi connectivity index (χ4n) is 2.08. The zero-order valence-electron chi connectivity index (χ0n) is 9.54. The van der Waals surface area contributed by atoms with Crippen molar-refractivity contribution < 1.29 is 9.59 Å². The Bertz CT molecular complexity index is 462. The van der Waals surface area contributed by atoms with Crippen molar-refractivity contribution in [3.63, 3.8) is 0 Å². The fourth-order valence-corrected chi connectivity index (χ4v) is 2.08. The number of nitrogens with zero attached hydrogens (tertiary/aromatic N) is 1. The minimum Gasteiger partial charge on any atom is -0.356 e. The van der Waals surface area contributed by atoms with Gasteiger partial charge in [-0.3, -0.25) is 9.59 Å². The zero-order chi connectivity index (χ0) is 12.3. The monoisotopic (exact) mass is 227 g/mol. The van der Waals surface area contributed by atoms with Gasteiger partial charge in [-0.1, -0.05) is 30.3 Å². The third-order valence-corrected chi connectivity index (χ3v) is 2.78. The Morgan fingerprint density at radius 2 is 1.53 bits per heavy atom. The number of carbonyl (C=O) groups excluding carboxylic acids is 2. The van der Waals surface area contributed by atoms with Crippen LogP contribution in [0.5, 0.6) is 0 Å². The van der Waals surface area contributed by atoms with Gasteiger partial charge in [-0.25, -0.2) is 0 Å². The van der Waals surface area contributed by atoms with E-state index in [0.717, 1.165) is 18.1 Å². The second-order valence-electron chi connectivity index (χ2n) is 4.00. The van der Waals surface area contributed by atoms with Gasteiger partial charge in [-0.05, 0) is 5.56 Å². The fraction of sp³-hybridized carbons (Fsp3) is 0.143. The van der Waals surface area contributed by atoms with Crippen molar-refractivity contribution in [1.29, 1.82) is 0 Å². The van der Waals surface area contributed by atoms with Crippen LogP contribution in [0.25, 0.3) is 0 Å². The highest BCUT2D eigenvalue weighted by atomic mass is 16.1. The highest BCUT2D eigenvalue weighted by Crippen LogP contribution is 2.32. The predicted octanol–water partition coefficient (Wildman–Crippen LogP) is 1.88. The summed E-state index contributed by atoms with van der Waals surface area (Å²) in [7, 11) is 1.80. The van der Waals surface area contributed by atoms with E-state index < -0.39 is 0 Å². The Labute approximate surface area is 100 Å². The van der Waals surface area contributed by atoms with E-state index in [1.807, 2.05) is 30.3 Å². The van der Waals surface area contributed by atoms with Crippen molar-refractivity contribution in [1.82, 2.24) is 4.90 Å². The van der Waals surface area contributed by atoms with Gasteiger partial charge < -0.3 is 4.90 Å². The normalized spacial score (nSPS) is 16.2. The molecule has 0 N–H and O–H groups in total. The number of hydrogen-bond donors (Lipinski definition) is 0. The summed E-state index contributed by atoms with van der Waals surface area (Å²) in [5, 5.41) is 0. The molecule has 0 saturated heterocycles. The summed E-state index contributed by atoms with van der Waals surface area (Å²) in [6.07, 6.45) is 5.12. The summed E-state index contributed by atoms with van der Waals surface area (Å²) in [5.41, 5.74) is 2.16. The maximum atomic E-state index is 11.1. The second-order valence-corrected chi connectivity index (χ2v) is 4.00. The molecule has 0 amide bonds. The molecule has 0 bridgehead atoms. The van der Waals surface area contributed by atoms with Crippen LogP contribution in [0.15, 0.2) is 53.9 Å². The molecule has 1 aliphatic rings. The van der Waals surface area contributed by atoms with Gasteiger partial charge >= 0.3 is 0 Å². The van der Waals surface area contributed by atoms with Crippen LogP contribution in [0, 0.1) is 0 Å². The molecule has 86 valence electrons. The standard InChI is InChI=1S/C14H13NO2/c1-15-7-12(9-16)14(13(8-15)10-17)11-5-3-2-4-6-11/h2-10,14H,1H3. The Balaban J connectivity index is 2.48. The SMILES string of the molecule is CN1C=C(C=O)C(c2ccccc2)C(C=O)=C1. The number of hydrogen-bond acceptors (Lipinski definition) is 3. The molecule has 0 spiro atoms. The first-order chi connectivity index (χ1) is 8.26. The number of rotatable bonds is 3. The van der Waals surface area contributed by atoms with Gasteiger partial charge in [-0.15, -0.1) is 0 Å². The van der Waals surface area contributed by atoms with Crippen LogP contribution >= 0.6 is 0 Å². The maximum absolute atomic E-state index is 11.1. The smallest absolute Gasteiger partial charge is 0.148 e. The molecule has 3 heteroatoms. The molecule has 0 atom stereocenters. The van der Waals surface area contributed by atoms with Crippen molar-refractivity contribution in [3.05, 3.63) is 59.4 Å². The zero-order valence-corrected chi connectivity index (χ0v) is 9.54. The Morgan fingerprint density at radius 1 is 1.00 bits per heavy atom. The summed E-state index contributed by atoms with van der Waals surface area (Å²) < 4.78 is 0. The minimum atomic E-state index is -0.248. The highest BCUT2D eigenvalue weighted by molar-refractivity contribution is 5.86. The van der Waals surface area contributed by atoms with Gasteiger partial charge in [0.1, 0.15) is 12.6 Å². The van der Waals surface area contributed by atoms with E-state index in [-0.39, 0.29) is 5.92 Å². The quantitative estimate of drug-likeness (QED) is 0.740. The van der Waals surface area contributed by atoms with Gasteiger partial charge in [0.05, 0.1) is 0 Å². The summed E-state index contributed by atoms with van der Waals surface area (Å²) in [6.45, 7) is 0. The van der Waals surface area contributed by atoms with Crippen LogP contribution in [0.1, 0.15) is 11.5 Å². The average molecular weight is 227 g/mol. The Kier molecular flexibility index (Phi) is 3.19. The van der Waals surface area contributed by atoms with E-state index in [4.69, 9.17) is 0 Å². The topological polar surface area (TPSA) is 37.4 Å². The number of aldehydes is 2. The molecule has 0 saturated carbocycles.